The van der Waals surface area contributed by atoms with Crippen molar-refractivity contribution in [3.8, 4) is 0 Å². The molecular formula is C12H19NO3. The third kappa shape index (κ3) is 1.87. The molecule has 0 N–H and O–H groups in total. The van der Waals surface area contributed by atoms with Gasteiger partial charge in [0.2, 0.25) is 5.91 Å². The number of amides is 1. The standard InChI is InChI=1S/C12H19NO3/c1-11(2,3)13-8-12(7-9(13)14)6-5-10(15-4)16-12/h5-6,10H,7-8H2,1-4H3. The van der Waals surface area contributed by atoms with E-state index in [9.17, 15) is 4.79 Å². The Morgan fingerprint density at radius 3 is 2.69 bits per heavy atom. The van der Waals surface area contributed by atoms with E-state index in [1.807, 2.05) is 37.8 Å². The Kier molecular flexibility index (Phi) is 2.59. The average Bonchev–Trinajstić information content (AvgIpc) is 2.70. The van der Waals surface area contributed by atoms with Gasteiger partial charge >= 0.3 is 0 Å². The molecule has 2 aliphatic heterocycles. The Morgan fingerprint density at radius 1 is 1.56 bits per heavy atom. The lowest BCUT2D eigenvalue weighted by Gasteiger charge is -2.33. The molecule has 0 radical (unpaired) electrons. The highest BCUT2D eigenvalue weighted by Gasteiger charge is 2.49. The number of ether oxygens (including phenoxy) is 2. The zero-order valence-corrected chi connectivity index (χ0v) is 10.3. The van der Waals surface area contributed by atoms with E-state index in [1.54, 1.807) is 7.11 Å². The molecule has 2 unspecified atom stereocenters. The third-order valence-electron chi connectivity index (χ3n) is 3.13. The number of likely N-dealkylation sites (tertiary alicyclic amines) is 1. The first-order valence-electron chi connectivity index (χ1n) is 5.57. The van der Waals surface area contributed by atoms with E-state index in [2.05, 4.69) is 0 Å². The lowest BCUT2D eigenvalue weighted by Crippen LogP contribution is -2.44. The molecule has 0 aromatic carbocycles. The fourth-order valence-electron chi connectivity index (χ4n) is 2.26. The lowest BCUT2D eigenvalue weighted by molar-refractivity contribution is -0.138. The fraction of sp³-hybridized carbons (Fsp3) is 0.750. The summed E-state index contributed by atoms with van der Waals surface area (Å²) < 4.78 is 10.9. The quantitative estimate of drug-likeness (QED) is 0.632. The van der Waals surface area contributed by atoms with Crippen molar-refractivity contribution in [2.24, 2.45) is 0 Å². The molecule has 0 aromatic heterocycles. The van der Waals surface area contributed by atoms with Gasteiger partial charge < -0.3 is 14.4 Å². The topological polar surface area (TPSA) is 38.8 Å². The molecule has 2 aliphatic rings. The summed E-state index contributed by atoms with van der Waals surface area (Å²) in [5.74, 6) is 0.147. The lowest BCUT2D eigenvalue weighted by atomic mass is 10.0. The fourth-order valence-corrected chi connectivity index (χ4v) is 2.26. The molecule has 0 bridgehead atoms. The van der Waals surface area contributed by atoms with Crippen LogP contribution in [0.5, 0.6) is 0 Å². The second-order valence-electron chi connectivity index (χ2n) is 5.47. The number of carbonyl (C=O) groups excluding carboxylic acids is 1. The van der Waals surface area contributed by atoms with E-state index in [0.29, 0.717) is 13.0 Å². The second-order valence-corrected chi connectivity index (χ2v) is 5.47. The van der Waals surface area contributed by atoms with Gasteiger partial charge in [0.1, 0.15) is 5.60 Å². The summed E-state index contributed by atoms with van der Waals surface area (Å²) in [6.45, 7) is 6.73. The minimum Gasteiger partial charge on any atom is -0.352 e. The predicted octanol–water partition coefficient (Wildman–Crippen LogP) is 1.31. The summed E-state index contributed by atoms with van der Waals surface area (Å²) in [4.78, 5) is 13.8. The molecule has 0 aromatic rings. The van der Waals surface area contributed by atoms with E-state index < -0.39 is 5.60 Å². The van der Waals surface area contributed by atoms with Gasteiger partial charge in [-0.1, -0.05) is 0 Å². The maximum Gasteiger partial charge on any atom is 0.226 e. The molecule has 1 fully saturated rings. The molecule has 2 atom stereocenters. The van der Waals surface area contributed by atoms with Crippen LogP contribution >= 0.6 is 0 Å². The first-order chi connectivity index (χ1) is 7.36. The van der Waals surface area contributed by atoms with Gasteiger partial charge in [0.05, 0.1) is 13.0 Å². The van der Waals surface area contributed by atoms with Crippen LogP contribution in [0.3, 0.4) is 0 Å². The Labute approximate surface area is 96.2 Å². The summed E-state index contributed by atoms with van der Waals surface area (Å²) in [6.07, 6.45) is 3.94. The van der Waals surface area contributed by atoms with Gasteiger partial charge in [-0.25, -0.2) is 0 Å². The largest absolute Gasteiger partial charge is 0.352 e. The van der Waals surface area contributed by atoms with Crippen LogP contribution in [0.15, 0.2) is 12.2 Å². The van der Waals surface area contributed by atoms with E-state index in [1.165, 1.54) is 0 Å². The van der Waals surface area contributed by atoms with Gasteiger partial charge in [-0.2, -0.15) is 0 Å². The monoisotopic (exact) mass is 225 g/mol. The predicted molar refractivity (Wildman–Crippen MR) is 59.8 cm³/mol. The van der Waals surface area contributed by atoms with Gasteiger partial charge in [-0.05, 0) is 32.9 Å². The number of methoxy groups -OCH3 is 1. The molecule has 2 heterocycles. The number of carbonyl (C=O) groups is 1. The second kappa shape index (κ2) is 3.57. The van der Waals surface area contributed by atoms with Gasteiger partial charge in [0, 0.05) is 12.6 Å². The van der Waals surface area contributed by atoms with E-state index in [4.69, 9.17) is 9.47 Å². The molecule has 1 spiro atoms. The van der Waals surface area contributed by atoms with Crippen molar-refractivity contribution in [2.75, 3.05) is 13.7 Å². The first-order valence-corrected chi connectivity index (χ1v) is 5.57. The summed E-state index contributed by atoms with van der Waals surface area (Å²) in [5.41, 5.74) is -0.617. The molecule has 90 valence electrons. The molecule has 2 rings (SSSR count). The highest BCUT2D eigenvalue weighted by molar-refractivity contribution is 5.81. The molecule has 4 nitrogen and oxygen atoms in total. The number of nitrogens with zero attached hydrogens (tertiary/aromatic N) is 1. The maximum absolute atomic E-state index is 11.9. The van der Waals surface area contributed by atoms with Gasteiger partial charge in [0.25, 0.3) is 0 Å². The van der Waals surface area contributed by atoms with Crippen LogP contribution in [0, 0.1) is 0 Å². The first kappa shape index (κ1) is 11.6. The van der Waals surface area contributed by atoms with Crippen molar-refractivity contribution in [3.05, 3.63) is 12.2 Å². The van der Waals surface area contributed by atoms with Crippen molar-refractivity contribution in [2.45, 2.75) is 44.6 Å². The van der Waals surface area contributed by atoms with Gasteiger partial charge in [-0.15, -0.1) is 0 Å². The Hall–Kier alpha value is -0.870. The van der Waals surface area contributed by atoms with Crippen LogP contribution in [-0.4, -0.2) is 41.9 Å². The van der Waals surface area contributed by atoms with Crippen LogP contribution in [0.25, 0.3) is 0 Å². The van der Waals surface area contributed by atoms with Gasteiger partial charge in [0.15, 0.2) is 6.29 Å². The minimum absolute atomic E-state index is 0.147. The molecule has 1 saturated heterocycles. The summed E-state index contributed by atoms with van der Waals surface area (Å²) in [7, 11) is 1.60. The maximum atomic E-state index is 11.9. The SMILES string of the molecule is COC1C=CC2(CC(=O)N(C(C)(C)C)C2)O1. The van der Waals surface area contributed by atoms with E-state index in [-0.39, 0.29) is 17.7 Å². The molecule has 4 heteroatoms. The minimum atomic E-state index is -0.467. The highest BCUT2D eigenvalue weighted by Crippen LogP contribution is 2.36. The zero-order valence-electron chi connectivity index (χ0n) is 10.3. The van der Waals surface area contributed by atoms with Crippen molar-refractivity contribution >= 4 is 5.91 Å². The Morgan fingerprint density at radius 2 is 2.25 bits per heavy atom. The van der Waals surface area contributed by atoms with Crippen LogP contribution in [0.1, 0.15) is 27.2 Å². The summed E-state index contributed by atoms with van der Waals surface area (Å²) in [5, 5.41) is 0. The molecular weight excluding hydrogens is 206 g/mol. The third-order valence-corrected chi connectivity index (χ3v) is 3.13. The van der Waals surface area contributed by atoms with Gasteiger partial charge in [-0.3, -0.25) is 4.79 Å². The van der Waals surface area contributed by atoms with Crippen molar-refractivity contribution in [1.29, 1.82) is 0 Å². The Bertz CT molecular complexity index is 332. The number of rotatable bonds is 1. The highest BCUT2D eigenvalue weighted by atomic mass is 16.7. The molecule has 16 heavy (non-hydrogen) atoms. The van der Waals surface area contributed by atoms with Crippen molar-refractivity contribution in [1.82, 2.24) is 4.90 Å². The van der Waals surface area contributed by atoms with E-state index in [0.717, 1.165) is 0 Å². The zero-order chi connectivity index (χ0) is 12.0. The number of hydrogen-bond donors (Lipinski definition) is 0. The van der Waals surface area contributed by atoms with Crippen LogP contribution in [0.2, 0.25) is 0 Å². The number of hydrogen-bond acceptors (Lipinski definition) is 3. The summed E-state index contributed by atoms with van der Waals surface area (Å²) >= 11 is 0. The molecule has 1 amide bonds. The normalized spacial score (nSPS) is 34.4. The van der Waals surface area contributed by atoms with Crippen LogP contribution in [0.4, 0.5) is 0 Å². The molecule has 0 aliphatic carbocycles. The average molecular weight is 225 g/mol. The van der Waals surface area contributed by atoms with Crippen molar-refractivity contribution < 1.29 is 14.3 Å². The van der Waals surface area contributed by atoms with Crippen LogP contribution < -0.4 is 0 Å². The Balaban J connectivity index is 2.13. The van der Waals surface area contributed by atoms with Crippen LogP contribution in [-0.2, 0) is 14.3 Å². The summed E-state index contributed by atoms with van der Waals surface area (Å²) in [6, 6.07) is 0. The van der Waals surface area contributed by atoms with Crippen molar-refractivity contribution in [3.63, 3.8) is 0 Å². The smallest absolute Gasteiger partial charge is 0.226 e. The molecule has 0 saturated carbocycles. The van der Waals surface area contributed by atoms with E-state index >= 15 is 0 Å².